The molecule has 7 nitrogen and oxygen atoms in total. The Hall–Kier alpha value is -3.45. The molecule has 1 aliphatic heterocycles. The van der Waals surface area contributed by atoms with Crippen molar-refractivity contribution in [1.82, 2.24) is 19.9 Å². The number of ether oxygens (including phenoxy) is 1. The van der Waals surface area contributed by atoms with Crippen LogP contribution in [-0.4, -0.2) is 59.1 Å². The molecule has 2 N–H and O–H groups in total. The summed E-state index contributed by atoms with van der Waals surface area (Å²) in [5.41, 5.74) is 3.01. The molecule has 0 unspecified atom stereocenters. The lowest BCUT2D eigenvalue weighted by Gasteiger charge is -2.26. The number of carbonyl (C=O) groups is 1. The normalized spacial score (nSPS) is 14.9. The Morgan fingerprint density at radius 3 is 2.83 bits per heavy atom. The second kappa shape index (κ2) is 11.8. The number of nitrogens with zero attached hydrogens (tertiary/aromatic N) is 3. The number of piperidine rings is 1. The Bertz CT molecular complexity index is 1250. The van der Waals surface area contributed by atoms with Gasteiger partial charge in [-0.3, -0.25) is 0 Å². The van der Waals surface area contributed by atoms with Gasteiger partial charge in [0.05, 0.1) is 18.1 Å². The minimum Gasteiger partial charge on any atom is -0.465 e. The molecule has 1 saturated heterocycles. The van der Waals surface area contributed by atoms with Crippen molar-refractivity contribution >= 4 is 33.7 Å². The number of hydrogen-bond acceptors (Lipinski definition) is 6. The summed E-state index contributed by atoms with van der Waals surface area (Å²) in [6.45, 7) is 10.5. The minimum absolute atomic E-state index is 0.363. The zero-order valence-corrected chi connectivity index (χ0v) is 20.8. The van der Waals surface area contributed by atoms with Crippen LogP contribution in [0.3, 0.4) is 0 Å². The molecule has 4 rings (SSSR count). The maximum Gasteiger partial charge on any atom is 0.337 e. The van der Waals surface area contributed by atoms with E-state index < -0.39 is 0 Å². The molecule has 0 bridgehead atoms. The van der Waals surface area contributed by atoms with Crippen molar-refractivity contribution in [1.29, 1.82) is 0 Å². The van der Waals surface area contributed by atoms with Gasteiger partial charge in [0.1, 0.15) is 17.3 Å². The number of allylic oxidation sites excluding steroid dienone is 5. The first-order valence-corrected chi connectivity index (χ1v) is 12.4. The number of H-pyrrole nitrogens is 1. The van der Waals surface area contributed by atoms with Gasteiger partial charge in [-0.1, -0.05) is 43.4 Å². The molecule has 2 aromatic heterocycles. The fraction of sp³-hybridized carbons (Fsp3) is 0.393. The SMILES string of the molecule is C=C(/C=C\C=C/C)Cc1nc(NCCCN2CCCCC2)c2c(n1)[nH]c1cc(C(=O)OC)ccc12. The molecule has 0 aliphatic carbocycles. The van der Waals surface area contributed by atoms with E-state index in [4.69, 9.17) is 14.7 Å². The van der Waals surface area contributed by atoms with Gasteiger partial charge in [-0.15, -0.1) is 0 Å². The van der Waals surface area contributed by atoms with Gasteiger partial charge in [-0.25, -0.2) is 14.8 Å². The standard InChI is InChI=1S/C28H35N5O2/c1-4-5-7-11-20(2)18-24-31-26(29-14-10-17-33-15-8-6-9-16-33)25-22-13-12-21(28(34)35-3)19-23(22)30-27(25)32-24/h4-5,7,11-13,19H,2,6,8-10,14-18H2,1,3H3,(H2,29,30,31,32)/b5-4-,11-7-. The summed E-state index contributed by atoms with van der Waals surface area (Å²) in [4.78, 5) is 27.6. The maximum absolute atomic E-state index is 12.0. The van der Waals surface area contributed by atoms with Crippen LogP contribution in [-0.2, 0) is 11.2 Å². The Labute approximate surface area is 207 Å². The summed E-state index contributed by atoms with van der Waals surface area (Å²) in [5.74, 6) is 1.15. The van der Waals surface area contributed by atoms with Gasteiger partial charge in [-0.2, -0.15) is 0 Å². The van der Waals surface area contributed by atoms with Crippen molar-refractivity contribution in [3.05, 3.63) is 66.0 Å². The van der Waals surface area contributed by atoms with Crippen LogP contribution in [0.15, 0.2) is 54.7 Å². The summed E-state index contributed by atoms with van der Waals surface area (Å²) in [7, 11) is 1.39. The molecule has 1 aliphatic rings. The third-order valence-corrected chi connectivity index (χ3v) is 6.33. The van der Waals surface area contributed by atoms with E-state index >= 15 is 0 Å². The smallest absolute Gasteiger partial charge is 0.337 e. The number of nitrogens with one attached hydrogen (secondary N) is 2. The fourth-order valence-electron chi connectivity index (χ4n) is 4.55. The number of esters is 1. The van der Waals surface area contributed by atoms with E-state index in [-0.39, 0.29) is 5.97 Å². The number of likely N-dealkylation sites (tertiary alicyclic amines) is 1. The molecular formula is C28H35N5O2. The molecule has 0 atom stereocenters. The van der Waals surface area contributed by atoms with Crippen molar-refractivity contribution in [2.24, 2.45) is 0 Å². The van der Waals surface area contributed by atoms with Crippen LogP contribution < -0.4 is 5.32 Å². The third kappa shape index (κ3) is 6.17. The van der Waals surface area contributed by atoms with E-state index in [1.165, 1.54) is 39.5 Å². The summed E-state index contributed by atoms with van der Waals surface area (Å²) in [6.07, 6.45) is 13.5. The summed E-state index contributed by atoms with van der Waals surface area (Å²) in [6, 6.07) is 5.52. The van der Waals surface area contributed by atoms with Crippen LogP contribution >= 0.6 is 0 Å². The Morgan fingerprint density at radius 1 is 1.23 bits per heavy atom. The molecular weight excluding hydrogens is 438 g/mol. The zero-order chi connectivity index (χ0) is 24.6. The first-order valence-electron chi connectivity index (χ1n) is 12.4. The zero-order valence-electron chi connectivity index (χ0n) is 20.8. The van der Waals surface area contributed by atoms with E-state index in [9.17, 15) is 4.79 Å². The number of hydrogen-bond donors (Lipinski definition) is 2. The van der Waals surface area contributed by atoms with Crippen LogP contribution in [0.2, 0.25) is 0 Å². The van der Waals surface area contributed by atoms with E-state index in [0.717, 1.165) is 52.8 Å². The number of aromatic amines is 1. The number of aromatic nitrogens is 3. The predicted octanol–water partition coefficient (Wildman–Crippen LogP) is 5.42. The second-order valence-corrected chi connectivity index (χ2v) is 8.99. The van der Waals surface area contributed by atoms with Crippen LogP contribution in [0, 0.1) is 0 Å². The van der Waals surface area contributed by atoms with Crippen LogP contribution in [0.1, 0.15) is 48.8 Å². The van der Waals surface area contributed by atoms with Gasteiger partial charge >= 0.3 is 5.97 Å². The lowest BCUT2D eigenvalue weighted by molar-refractivity contribution is 0.0601. The molecule has 0 spiro atoms. The molecule has 0 radical (unpaired) electrons. The third-order valence-electron chi connectivity index (χ3n) is 6.33. The van der Waals surface area contributed by atoms with Crippen molar-refractivity contribution < 1.29 is 9.53 Å². The highest BCUT2D eigenvalue weighted by Crippen LogP contribution is 2.31. The number of anilines is 1. The maximum atomic E-state index is 12.0. The van der Waals surface area contributed by atoms with Gasteiger partial charge in [0.15, 0.2) is 0 Å². The van der Waals surface area contributed by atoms with Gasteiger partial charge in [-0.05, 0) is 63.5 Å². The van der Waals surface area contributed by atoms with Gasteiger partial charge in [0.2, 0.25) is 0 Å². The van der Waals surface area contributed by atoms with Crippen LogP contribution in [0.25, 0.3) is 21.9 Å². The van der Waals surface area contributed by atoms with E-state index in [0.29, 0.717) is 17.8 Å². The second-order valence-electron chi connectivity index (χ2n) is 8.99. The summed E-state index contributed by atoms with van der Waals surface area (Å²) < 4.78 is 4.88. The fourth-order valence-corrected chi connectivity index (χ4v) is 4.55. The van der Waals surface area contributed by atoms with E-state index in [1.807, 2.05) is 37.3 Å². The van der Waals surface area contributed by atoms with Crippen molar-refractivity contribution in [3.8, 4) is 0 Å². The molecule has 35 heavy (non-hydrogen) atoms. The molecule has 0 saturated carbocycles. The first kappa shape index (κ1) is 24.7. The average Bonchev–Trinajstić information content (AvgIpc) is 3.24. The topological polar surface area (TPSA) is 83.1 Å². The lowest BCUT2D eigenvalue weighted by Crippen LogP contribution is -2.31. The highest BCUT2D eigenvalue weighted by atomic mass is 16.5. The Balaban J connectivity index is 1.61. The van der Waals surface area contributed by atoms with Crippen LogP contribution in [0.5, 0.6) is 0 Å². The molecule has 3 aromatic rings. The molecule has 0 amide bonds. The Kier molecular flexibility index (Phi) is 8.32. The van der Waals surface area contributed by atoms with E-state index in [2.05, 4.69) is 21.8 Å². The minimum atomic E-state index is -0.363. The number of benzene rings is 1. The van der Waals surface area contributed by atoms with Crippen molar-refractivity contribution in [2.45, 2.75) is 39.0 Å². The van der Waals surface area contributed by atoms with Crippen molar-refractivity contribution in [2.75, 3.05) is 38.6 Å². The van der Waals surface area contributed by atoms with Gasteiger partial charge in [0.25, 0.3) is 0 Å². The quantitative estimate of drug-likeness (QED) is 0.233. The highest BCUT2D eigenvalue weighted by molar-refractivity contribution is 6.12. The highest BCUT2D eigenvalue weighted by Gasteiger charge is 2.16. The molecule has 184 valence electrons. The van der Waals surface area contributed by atoms with Crippen molar-refractivity contribution in [3.63, 3.8) is 0 Å². The largest absolute Gasteiger partial charge is 0.465 e. The number of fused-ring (bicyclic) bond motifs is 3. The predicted molar refractivity (Wildman–Crippen MR) is 143 cm³/mol. The summed E-state index contributed by atoms with van der Waals surface area (Å²) >= 11 is 0. The number of carbonyl (C=O) groups excluding carboxylic acids is 1. The molecule has 7 heteroatoms. The average molecular weight is 474 g/mol. The van der Waals surface area contributed by atoms with Crippen LogP contribution in [0.4, 0.5) is 5.82 Å². The van der Waals surface area contributed by atoms with E-state index in [1.54, 1.807) is 12.1 Å². The van der Waals surface area contributed by atoms with Gasteiger partial charge in [0, 0.05) is 23.9 Å². The summed E-state index contributed by atoms with van der Waals surface area (Å²) in [5, 5.41) is 5.49. The molecule has 3 heterocycles. The molecule has 1 fully saturated rings. The number of methoxy groups -OCH3 is 1. The lowest BCUT2D eigenvalue weighted by atomic mass is 10.1. The monoisotopic (exact) mass is 473 g/mol. The molecule has 1 aromatic carbocycles. The Morgan fingerprint density at radius 2 is 2.06 bits per heavy atom. The number of rotatable bonds is 10. The van der Waals surface area contributed by atoms with Gasteiger partial charge < -0.3 is 19.9 Å². The first-order chi connectivity index (χ1) is 17.1.